The summed E-state index contributed by atoms with van der Waals surface area (Å²) in [6, 6.07) is 11.6. The number of aryl methyl sites for hydroxylation is 1. The van der Waals surface area contributed by atoms with E-state index in [1.807, 2.05) is 32.0 Å². The minimum absolute atomic E-state index is 0.0467. The third kappa shape index (κ3) is 7.57. The van der Waals surface area contributed by atoms with E-state index in [-0.39, 0.29) is 42.1 Å². The summed E-state index contributed by atoms with van der Waals surface area (Å²) >= 11 is 6.51. The highest BCUT2D eigenvalue weighted by Crippen LogP contribution is 2.49. The number of rotatable bonds is 3. The van der Waals surface area contributed by atoms with Crippen LogP contribution < -0.4 is 14.4 Å². The van der Waals surface area contributed by atoms with E-state index in [0.717, 1.165) is 68.2 Å². The lowest BCUT2D eigenvalue weighted by Gasteiger charge is -2.53. The van der Waals surface area contributed by atoms with Gasteiger partial charge in [-0.2, -0.15) is 0 Å². The number of hydrogen-bond acceptors (Lipinski definition) is 7. The third-order valence-corrected chi connectivity index (χ3v) is 16.6. The molecule has 0 aromatic heterocycles. The van der Waals surface area contributed by atoms with Crippen molar-refractivity contribution in [2.75, 3.05) is 64.4 Å². The quantitative estimate of drug-likeness (QED) is 0.266. The second-order valence-electron chi connectivity index (χ2n) is 17.6. The number of benzene rings is 2. The second kappa shape index (κ2) is 14.9. The third-order valence-electron chi connectivity index (χ3n) is 14.2. The summed E-state index contributed by atoms with van der Waals surface area (Å²) in [5.41, 5.74) is 2.87. The van der Waals surface area contributed by atoms with Crippen LogP contribution in [0.15, 0.2) is 48.6 Å². The second-order valence-corrected chi connectivity index (χ2v) is 20.4. The fraction of sp³-hybridized carbons (Fsp3) is 0.628. The van der Waals surface area contributed by atoms with Crippen LogP contribution in [0.5, 0.6) is 5.75 Å². The van der Waals surface area contributed by atoms with Gasteiger partial charge in [0.1, 0.15) is 11.4 Å². The van der Waals surface area contributed by atoms with Crippen LogP contribution in [-0.4, -0.2) is 108 Å². The number of methoxy groups -OCH3 is 1. The number of piperazine rings is 1. The van der Waals surface area contributed by atoms with Gasteiger partial charge in [-0.05, 0) is 111 Å². The van der Waals surface area contributed by atoms with Crippen molar-refractivity contribution in [3.05, 3.63) is 70.3 Å². The molecule has 12 heteroatoms. The van der Waals surface area contributed by atoms with E-state index in [1.54, 1.807) is 13.2 Å². The standard InChI is InChI=1S/C43H57ClF2N4O4S/c1-29-7-5-16-42(53-3,27-48-19-20-49-18-17-43(45,46)23-35(49)25-48)37-12-9-33(37)24-50-26-41(15-6-8-31-21-34(44)11-13-36(31)41)28-54-39-14-10-32(22-38(39)50)40(51)47-55(4,52)30(29)2/h5,10-11,13-14,16,21-22,29-30,33,35,37H,4,6-9,12,15,17-20,23-28H2,1-3H3,(H,47,51,52)/b16-5+/t29-,30+,33-,35-,37+,41-,42-,55?/m0/s1. The first-order chi connectivity index (χ1) is 26.2. The summed E-state index contributed by atoms with van der Waals surface area (Å²) in [7, 11) is -1.22. The Morgan fingerprint density at radius 3 is 2.71 bits per heavy atom. The molecule has 1 N–H and O–H groups in total. The first-order valence-electron chi connectivity index (χ1n) is 20.3. The molecule has 4 aliphatic heterocycles. The number of ether oxygens (including phenoxy) is 2. The predicted molar refractivity (Wildman–Crippen MR) is 217 cm³/mol. The lowest BCUT2D eigenvalue weighted by atomic mass is 9.63. The number of halogens is 3. The number of hydrogen-bond donors (Lipinski definition) is 1. The van der Waals surface area contributed by atoms with Crippen molar-refractivity contribution >= 4 is 38.8 Å². The summed E-state index contributed by atoms with van der Waals surface area (Å²) in [4.78, 5) is 20.9. The molecule has 8 rings (SSSR count). The molecule has 1 saturated carbocycles. The summed E-state index contributed by atoms with van der Waals surface area (Å²) in [6.45, 7) is 9.11. The van der Waals surface area contributed by atoms with Crippen molar-refractivity contribution in [1.29, 1.82) is 0 Å². The van der Waals surface area contributed by atoms with Crippen molar-refractivity contribution in [3.63, 3.8) is 0 Å². The first-order valence-corrected chi connectivity index (χ1v) is 22.4. The van der Waals surface area contributed by atoms with E-state index in [0.29, 0.717) is 44.8 Å². The molecule has 2 saturated heterocycles. The highest BCUT2D eigenvalue weighted by atomic mass is 35.5. The van der Waals surface area contributed by atoms with Crippen LogP contribution in [0.1, 0.15) is 80.3 Å². The number of fused-ring (bicyclic) bond motifs is 5. The Hall–Kier alpha value is -2.70. The molecule has 1 amide bonds. The van der Waals surface area contributed by atoms with Crippen LogP contribution >= 0.6 is 11.6 Å². The molecule has 2 bridgehead atoms. The molecule has 4 heterocycles. The van der Waals surface area contributed by atoms with E-state index in [2.05, 4.69) is 49.6 Å². The van der Waals surface area contributed by atoms with E-state index in [1.165, 1.54) is 11.1 Å². The molecule has 2 aromatic carbocycles. The number of nitrogens with one attached hydrogen (secondary N) is 1. The summed E-state index contributed by atoms with van der Waals surface area (Å²) in [6.07, 6.45) is 9.81. The molecular formula is C43H57ClF2N4O4S. The molecule has 0 radical (unpaired) electrons. The normalized spacial score (nSPS) is 37.3. The van der Waals surface area contributed by atoms with Gasteiger partial charge in [0.05, 0.1) is 22.0 Å². The Labute approximate surface area is 331 Å². The fourth-order valence-electron chi connectivity index (χ4n) is 10.6. The topological polar surface area (TPSA) is 74.4 Å². The smallest absolute Gasteiger partial charge is 0.262 e. The molecule has 300 valence electrons. The molecule has 8 nitrogen and oxygen atoms in total. The first kappa shape index (κ1) is 39.1. The van der Waals surface area contributed by atoms with Crippen molar-refractivity contribution in [3.8, 4) is 5.75 Å². The molecular weight excluding hydrogens is 742 g/mol. The van der Waals surface area contributed by atoms with Gasteiger partial charge in [-0.3, -0.25) is 19.3 Å². The van der Waals surface area contributed by atoms with Crippen LogP contribution in [-0.2, 0) is 26.3 Å². The Morgan fingerprint density at radius 2 is 1.93 bits per heavy atom. The van der Waals surface area contributed by atoms with Crippen LogP contribution in [0.3, 0.4) is 0 Å². The molecule has 3 fully saturated rings. The summed E-state index contributed by atoms with van der Waals surface area (Å²) in [5, 5.41) is 0.337. The van der Waals surface area contributed by atoms with Gasteiger partial charge in [-0.25, -0.2) is 13.0 Å². The lowest BCUT2D eigenvalue weighted by molar-refractivity contribution is -0.119. The number of carbonyl (C=O) groups is 1. The number of piperidine rings is 1. The Balaban J connectivity index is 1.18. The fourth-order valence-corrected chi connectivity index (χ4v) is 12.3. The average Bonchev–Trinajstić information content (AvgIpc) is 3.28. The maximum absolute atomic E-state index is 14.6. The number of carbonyl (C=O) groups excluding carboxylic acids is 1. The monoisotopic (exact) mass is 798 g/mol. The van der Waals surface area contributed by atoms with E-state index in [4.69, 9.17) is 21.1 Å². The van der Waals surface area contributed by atoms with Crippen molar-refractivity contribution in [2.24, 2.45) is 17.8 Å². The number of nitrogens with zero attached hydrogens (tertiary/aromatic N) is 3. The van der Waals surface area contributed by atoms with Gasteiger partial charge in [0.25, 0.3) is 11.8 Å². The Bertz CT molecular complexity index is 1930. The molecule has 2 aliphatic carbocycles. The zero-order valence-electron chi connectivity index (χ0n) is 32.5. The van der Waals surface area contributed by atoms with Gasteiger partial charge in [0, 0.05) is 93.1 Å². The van der Waals surface area contributed by atoms with Gasteiger partial charge < -0.3 is 14.4 Å². The minimum Gasteiger partial charge on any atom is -0.490 e. The van der Waals surface area contributed by atoms with Crippen molar-refractivity contribution < 1.29 is 27.3 Å². The minimum atomic E-state index is -3.02. The number of amides is 1. The number of alkyl halides is 2. The van der Waals surface area contributed by atoms with E-state index < -0.39 is 32.4 Å². The van der Waals surface area contributed by atoms with E-state index in [9.17, 15) is 17.8 Å². The van der Waals surface area contributed by atoms with Crippen LogP contribution in [0.4, 0.5) is 14.5 Å². The van der Waals surface area contributed by atoms with Gasteiger partial charge >= 0.3 is 0 Å². The average molecular weight is 799 g/mol. The van der Waals surface area contributed by atoms with Crippen LogP contribution in [0.2, 0.25) is 5.02 Å². The van der Waals surface area contributed by atoms with Gasteiger partial charge in [-0.1, -0.05) is 36.7 Å². The summed E-state index contributed by atoms with van der Waals surface area (Å²) in [5.74, 6) is 2.13. The van der Waals surface area contributed by atoms with Gasteiger partial charge in [-0.15, -0.1) is 0 Å². The summed E-state index contributed by atoms with van der Waals surface area (Å²) < 4.78 is 59.6. The number of anilines is 1. The maximum Gasteiger partial charge on any atom is 0.262 e. The molecule has 1 unspecified atom stereocenters. The largest absolute Gasteiger partial charge is 0.490 e. The zero-order chi connectivity index (χ0) is 38.8. The van der Waals surface area contributed by atoms with Crippen molar-refractivity contribution in [1.82, 2.24) is 14.5 Å². The molecule has 6 aliphatic rings. The SMILES string of the molecule is C=S1(=O)NC(=O)c2ccc3c(c2)N(C[C@@H]2CC[C@H]2[C@](CN2CCN4CCC(F)(F)C[C@H]4C2)(OC)/C=C/C[C@H](C)[C@H]1C)C[C@@]1(CCCc2cc(Cl)ccc21)CO3. The highest BCUT2D eigenvalue weighted by molar-refractivity contribution is 7.99. The maximum atomic E-state index is 14.6. The number of allylic oxidation sites excluding steroid dienone is 1. The van der Waals surface area contributed by atoms with Crippen molar-refractivity contribution in [2.45, 2.75) is 93.4 Å². The van der Waals surface area contributed by atoms with Crippen LogP contribution in [0, 0.1) is 17.8 Å². The Morgan fingerprint density at radius 1 is 1.09 bits per heavy atom. The van der Waals surface area contributed by atoms with Crippen LogP contribution in [0.25, 0.3) is 0 Å². The van der Waals surface area contributed by atoms with Gasteiger partial charge in [0.15, 0.2) is 0 Å². The Kier molecular flexibility index (Phi) is 10.6. The zero-order valence-corrected chi connectivity index (χ0v) is 34.1. The molecule has 2 aromatic rings. The van der Waals surface area contributed by atoms with Gasteiger partial charge in [0.2, 0.25) is 0 Å². The molecule has 55 heavy (non-hydrogen) atoms. The highest BCUT2D eigenvalue weighted by Gasteiger charge is 2.51. The molecule has 8 atom stereocenters. The predicted octanol–water partition coefficient (Wildman–Crippen LogP) is 6.99. The molecule has 1 spiro atoms. The lowest BCUT2D eigenvalue weighted by Crippen LogP contribution is -2.62. The van der Waals surface area contributed by atoms with E-state index >= 15 is 0 Å².